The molecule has 0 bridgehead atoms. The van der Waals surface area contributed by atoms with Crippen molar-refractivity contribution >= 4 is 51.8 Å². The molecule has 40 heavy (non-hydrogen) atoms. The number of hydrogen-bond donors (Lipinski definition) is 6. The van der Waals surface area contributed by atoms with Gasteiger partial charge in [0, 0.05) is 30.2 Å². The molecule has 4 rings (SSSR count). The number of carbonyl (C=O) groups is 4. The number of thiazole rings is 1. The zero-order valence-electron chi connectivity index (χ0n) is 21.6. The molecule has 2 atom stereocenters. The number of rotatable bonds is 10. The number of nitrogens with two attached hydrogens (primary N) is 2. The number of hydrogen-bond acceptors (Lipinski definition) is 11. The van der Waals surface area contributed by atoms with Crippen LogP contribution in [0.1, 0.15) is 32.4 Å². The van der Waals surface area contributed by atoms with Crippen molar-refractivity contribution in [2.45, 2.75) is 44.4 Å². The van der Waals surface area contributed by atoms with Gasteiger partial charge in [0.05, 0.1) is 6.04 Å². The summed E-state index contributed by atoms with van der Waals surface area (Å²) in [6, 6.07) is -1.64. The highest BCUT2D eigenvalue weighted by atomic mass is 32.1. The van der Waals surface area contributed by atoms with Crippen LogP contribution >= 0.6 is 11.3 Å². The number of β-lactam (4-membered cyclic amide) rings is 1. The maximum absolute atomic E-state index is 13.2. The van der Waals surface area contributed by atoms with Crippen molar-refractivity contribution in [2.24, 2.45) is 10.9 Å². The third-order valence-electron chi connectivity index (χ3n) is 6.60. The number of aromatic nitrogens is 1. The van der Waals surface area contributed by atoms with Crippen molar-refractivity contribution in [1.82, 2.24) is 20.1 Å². The van der Waals surface area contributed by atoms with Gasteiger partial charge in [-0.25, -0.2) is 14.6 Å². The minimum atomic E-state index is -1.76. The van der Waals surface area contributed by atoms with Crippen LogP contribution in [-0.2, 0) is 24.0 Å². The third-order valence-corrected chi connectivity index (χ3v) is 7.28. The van der Waals surface area contributed by atoms with Gasteiger partial charge in [0.25, 0.3) is 11.8 Å². The quantitative estimate of drug-likeness (QED) is 0.0931. The summed E-state index contributed by atoms with van der Waals surface area (Å²) in [4.78, 5) is 62.1. The molecule has 0 saturated carbocycles. The molecule has 1 unspecified atom stereocenters. The Morgan fingerprint density at radius 2 is 2.08 bits per heavy atom. The summed E-state index contributed by atoms with van der Waals surface area (Å²) in [7, 11) is 0. The molecule has 0 aromatic carbocycles. The molecule has 1 fully saturated rings. The van der Waals surface area contributed by atoms with Gasteiger partial charge in [0.15, 0.2) is 10.8 Å². The van der Waals surface area contributed by atoms with E-state index in [-0.39, 0.29) is 34.6 Å². The predicted molar refractivity (Wildman–Crippen MR) is 143 cm³/mol. The topological polar surface area (TPSA) is 238 Å². The molecule has 0 radical (unpaired) electrons. The standard InChI is InChI=1S/C24H28N8O7S/c1-24(2,22(37)38)39-30-15(13-10-40-23(27)28-13)19(33)29-16-14-4-3-12(17(21(35)36)32(14)20(16)34)9-31-7-5-11(6-8-31)18(25)26/h5-7,10,14,16H,3-4,8-9H2,1-2H3,(H3,25,26)(H2,27,28)(H,29,33)(H,35,36)(H,37,38)/b30-15-/t14?,16-/m0/s1. The molecule has 0 aliphatic carbocycles. The van der Waals surface area contributed by atoms with Gasteiger partial charge in [-0.15, -0.1) is 11.3 Å². The highest BCUT2D eigenvalue weighted by Crippen LogP contribution is 2.37. The Morgan fingerprint density at radius 1 is 1.35 bits per heavy atom. The SMILES string of the molecule is CC(C)(O/N=C(\C(=O)N[C@@H]1C(=O)N2C(C(=O)O)=C(CN3C=CC(C(=N)N)=CC3)CCC12)c1csc(N)n1)C(=O)O. The van der Waals surface area contributed by atoms with Crippen LogP contribution in [0.4, 0.5) is 5.13 Å². The van der Waals surface area contributed by atoms with Gasteiger partial charge in [-0.1, -0.05) is 11.2 Å². The number of anilines is 1. The number of amidine groups is 1. The van der Waals surface area contributed by atoms with Crippen molar-refractivity contribution in [3.8, 4) is 0 Å². The Balaban J connectivity index is 1.51. The smallest absolute Gasteiger partial charge is 0.352 e. The molecule has 1 aromatic heterocycles. The Labute approximate surface area is 232 Å². The number of amides is 2. The second kappa shape index (κ2) is 10.8. The first-order valence-electron chi connectivity index (χ1n) is 12.1. The molecular weight excluding hydrogens is 544 g/mol. The van der Waals surface area contributed by atoms with Gasteiger partial charge < -0.3 is 36.7 Å². The molecule has 15 nitrogen and oxygen atoms in total. The number of carboxylic acid groups (broad SMARTS) is 2. The van der Waals surface area contributed by atoms with Gasteiger partial charge >= 0.3 is 11.9 Å². The van der Waals surface area contributed by atoms with Gasteiger partial charge in [-0.2, -0.15) is 0 Å². The summed E-state index contributed by atoms with van der Waals surface area (Å²) in [5.41, 5.74) is 10.1. The van der Waals surface area contributed by atoms with Gasteiger partial charge in [-0.3, -0.25) is 19.9 Å². The van der Waals surface area contributed by atoms with Gasteiger partial charge in [-0.05, 0) is 38.3 Å². The third kappa shape index (κ3) is 5.51. The summed E-state index contributed by atoms with van der Waals surface area (Å²) in [6.07, 6.45) is 5.90. The Morgan fingerprint density at radius 3 is 2.62 bits per heavy atom. The lowest BCUT2D eigenvalue weighted by Crippen LogP contribution is -2.72. The van der Waals surface area contributed by atoms with Crippen LogP contribution in [-0.4, -0.2) is 91.1 Å². The second-order valence-electron chi connectivity index (χ2n) is 9.76. The molecule has 2 amide bonds. The lowest BCUT2D eigenvalue weighted by molar-refractivity contribution is -0.161. The van der Waals surface area contributed by atoms with E-state index in [0.717, 1.165) is 11.3 Å². The van der Waals surface area contributed by atoms with Crippen LogP contribution in [0.5, 0.6) is 0 Å². The lowest BCUT2D eigenvalue weighted by Gasteiger charge is -2.50. The average molecular weight is 573 g/mol. The number of fused-ring (bicyclic) bond motifs is 1. The zero-order chi connectivity index (χ0) is 29.4. The summed E-state index contributed by atoms with van der Waals surface area (Å²) in [6.45, 7) is 3.16. The Bertz CT molecular complexity index is 1410. The molecule has 212 valence electrons. The van der Waals surface area contributed by atoms with Crippen molar-refractivity contribution in [2.75, 3.05) is 18.8 Å². The van der Waals surface area contributed by atoms with Crippen molar-refractivity contribution in [1.29, 1.82) is 5.41 Å². The minimum absolute atomic E-state index is 0.0263. The average Bonchev–Trinajstić information content (AvgIpc) is 3.32. The summed E-state index contributed by atoms with van der Waals surface area (Å²) in [5.74, 6) is -4.11. The van der Waals surface area contributed by atoms with E-state index in [4.69, 9.17) is 21.7 Å². The van der Waals surface area contributed by atoms with E-state index in [2.05, 4.69) is 15.5 Å². The fourth-order valence-corrected chi connectivity index (χ4v) is 4.94. The fourth-order valence-electron chi connectivity index (χ4n) is 4.40. The normalized spacial score (nSPS) is 20.9. The van der Waals surface area contributed by atoms with Crippen molar-refractivity contribution in [3.63, 3.8) is 0 Å². The number of carbonyl (C=O) groups excluding carboxylic acids is 2. The van der Waals surface area contributed by atoms with Gasteiger partial charge in [0.1, 0.15) is 23.3 Å². The lowest BCUT2D eigenvalue weighted by atomic mass is 9.83. The van der Waals surface area contributed by atoms with Gasteiger partial charge in [0.2, 0.25) is 5.60 Å². The van der Waals surface area contributed by atoms with Crippen LogP contribution in [0.2, 0.25) is 0 Å². The molecule has 1 saturated heterocycles. The first-order chi connectivity index (χ1) is 18.8. The van der Waals surface area contributed by atoms with Crippen molar-refractivity contribution in [3.05, 3.63) is 46.3 Å². The van der Waals surface area contributed by atoms with E-state index in [1.165, 1.54) is 24.1 Å². The van der Waals surface area contributed by atoms with Crippen LogP contribution in [0.25, 0.3) is 0 Å². The Hall–Kier alpha value is -4.73. The highest BCUT2D eigenvalue weighted by molar-refractivity contribution is 7.13. The monoisotopic (exact) mass is 572 g/mol. The minimum Gasteiger partial charge on any atom is -0.478 e. The highest BCUT2D eigenvalue weighted by Gasteiger charge is 2.53. The fraction of sp³-hybridized carbons (Fsp3) is 0.375. The van der Waals surface area contributed by atoms with E-state index in [1.807, 2.05) is 4.90 Å². The molecule has 16 heteroatoms. The number of nitrogens with zero attached hydrogens (tertiary/aromatic N) is 4. The number of nitrogen functional groups attached to an aromatic ring is 1. The zero-order valence-corrected chi connectivity index (χ0v) is 22.4. The van der Waals surface area contributed by atoms with E-state index in [0.29, 0.717) is 30.5 Å². The molecule has 1 aromatic rings. The number of carboxylic acids is 2. The second-order valence-corrected chi connectivity index (χ2v) is 10.6. The maximum Gasteiger partial charge on any atom is 0.352 e. The molecule has 8 N–H and O–H groups in total. The molecular formula is C24H28N8O7S. The van der Waals surface area contributed by atoms with E-state index < -0.39 is 41.4 Å². The number of oxime groups is 1. The van der Waals surface area contributed by atoms with Crippen LogP contribution < -0.4 is 16.8 Å². The number of aliphatic carboxylic acids is 2. The Kier molecular flexibility index (Phi) is 7.63. The first kappa shape index (κ1) is 28.3. The summed E-state index contributed by atoms with van der Waals surface area (Å²) < 4.78 is 0. The molecule has 3 aliphatic heterocycles. The predicted octanol–water partition coefficient (Wildman–Crippen LogP) is -0.171. The first-order valence-corrected chi connectivity index (χ1v) is 12.9. The summed E-state index contributed by atoms with van der Waals surface area (Å²) >= 11 is 1.02. The van der Waals surface area contributed by atoms with Crippen molar-refractivity contribution < 1.29 is 34.2 Å². The largest absolute Gasteiger partial charge is 0.478 e. The van der Waals surface area contributed by atoms with E-state index >= 15 is 0 Å². The van der Waals surface area contributed by atoms with E-state index in [9.17, 15) is 29.4 Å². The number of nitrogens with one attached hydrogen (secondary N) is 2. The summed E-state index contributed by atoms with van der Waals surface area (Å²) in [5, 5.41) is 34.6. The molecule has 3 aliphatic rings. The van der Waals surface area contributed by atoms with Crippen LogP contribution in [0, 0.1) is 5.41 Å². The molecule has 4 heterocycles. The van der Waals surface area contributed by atoms with E-state index in [1.54, 1.807) is 18.4 Å². The van der Waals surface area contributed by atoms with Crippen LogP contribution in [0.3, 0.4) is 0 Å². The molecule has 0 spiro atoms. The van der Waals surface area contributed by atoms with Crippen LogP contribution in [0.15, 0.2) is 45.7 Å². The maximum atomic E-state index is 13.2.